The molecular formula is C15H22O3. The smallest absolute Gasteiger partial charge is 0.0777 e. The largest absolute Gasteiger partial charge is 0.396 e. The number of aliphatic hydroxyl groups is 3. The summed E-state index contributed by atoms with van der Waals surface area (Å²) >= 11 is 0. The molecule has 3 heteroatoms. The van der Waals surface area contributed by atoms with Gasteiger partial charge in [0.15, 0.2) is 0 Å². The predicted molar refractivity (Wildman–Crippen MR) is 72.2 cm³/mol. The van der Waals surface area contributed by atoms with Gasteiger partial charge in [0.25, 0.3) is 0 Å². The number of rotatable bonds is 7. The van der Waals surface area contributed by atoms with Crippen LogP contribution in [0.4, 0.5) is 0 Å². The molecule has 2 unspecified atom stereocenters. The molecule has 3 N–H and O–H groups in total. The Labute approximate surface area is 108 Å². The van der Waals surface area contributed by atoms with E-state index in [0.717, 1.165) is 11.1 Å². The molecule has 1 rings (SSSR count). The van der Waals surface area contributed by atoms with Gasteiger partial charge in [-0.1, -0.05) is 36.4 Å². The highest BCUT2D eigenvalue weighted by atomic mass is 16.3. The Bertz CT molecular complexity index is 359. The van der Waals surface area contributed by atoms with Crippen LogP contribution in [0.5, 0.6) is 0 Å². The highest BCUT2D eigenvalue weighted by Gasteiger charge is 2.15. The fourth-order valence-corrected chi connectivity index (χ4v) is 1.92. The molecule has 0 amide bonds. The van der Waals surface area contributed by atoms with E-state index in [1.807, 2.05) is 43.3 Å². The van der Waals surface area contributed by atoms with Crippen molar-refractivity contribution in [3.8, 4) is 0 Å². The van der Waals surface area contributed by atoms with Gasteiger partial charge in [0.2, 0.25) is 0 Å². The normalized spacial score (nSPS) is 15.4. The zero-order valence-corrected chi connectivity index (χ0v) is 10.8. The van der Waals surface area contributed by atoms with Gasteiger partial charge in [0.1, 0.15) is 0 Å². The minimum absolute atomic E-state index is 0.0578. The first kappa shape index (κ1) is 14.9. The van der Waals surface area contributed by atoms with Crippen molar-refractivity contribution in [3.05, 3.63) is 47.5 Å². The van der Waals surface area contributed by atoms with Crippen molar-refractivity contribution in [2.45, 2.75) is 38.4 Å². The van der Waals surface area contributed by atoms with E-state index in [1.165, 1.54) is 0 Å². The lowest BCUT2D eigenvalue weighted by Crippen LogP contribution is -2.21. The van der Waals surface area contributed by atoms with E-state index in [9.17, 15) is 10.2 Å². The van der Waals surface area contributed by atoms with Gasteiger partial charge in [0, 0.05) is 13.0 Å². The summed E-state index contributed by atoms with van der Waals surface area (Å²) in [6, 6.07) is 9.92. The van der Waals surface area contributed by atoms with Crippen LogP contribution >= 0.6 is 0 Å². The monoisotopic (exact) mass is 250 g/mol. The average molecular weight is 250 g/mol. The van der Waals surface area contributed by atoms with Gasteiger partial charge in [-0.2, -0.15) is 0 Å². The lowest BCUT2D eigenvalue weighted by atomic mass is 9.96. The number of hydrogen-bond acceptors (Lipinski definition) is 3. The van der Waals surface area contributed by atoms with Gasteiger partial charge in [-0.15, -0.1) is 0 Å². The molecule has 0 saturated heterocycles. The maximum atomic E-state index is 10.1. The van der Waals surface area contributed by atoms with Gasteiger partial charge < -0.3 is 15.3 Å². The van der Waals surface area contributed by atoms with E-state index < -0.39 is 12.2 Å². The Morgan fingerprint density at radius 1 is 1.22 bits per heavy atom. The second-order valence-electron chi connectivity index (χ2n) is 4.44. The SMILES string of the molecule is C/C=C(\Cc1ccccc1)C(O)CC(O)CCO. The lowest BCUT2D eigenvalue weighted by molar-refractivity contribution is 0.0775. The summed E-state index contributed by atoms with van der Waals surface area (Å²) in [5.74, 6) is 0. The van der Waals surface area contributed by atoms with Gasteiger partial charge in [-0.25, -0.2) is 0 Å². The first-order valence-corrected chi connectivity index (χ1v) is 6.33. The van der Waals surface area contributed by atoms with Crippen LogP contribution in [0, 0.1) is 0 Å². The van der Waals surface area contributed by atoms with Crippen LogP contribution in [0.2, 0.25) is 0 Å². The fourth-order valence-electron chi connectivity index (χ4n) is 1.92. The molecule has 0 aliphatic rings. The molecule has 3 nitrogen and oxygen atoms in total. The van der Waals surface area contributed by atoms with Crippen LogP contribution in [0.3, 0.4) is 0 Å². The molecule has 0 bridgehead atoms. The van der Waals surface area contributed by atoms with Gasteiger partial charge in [-0.05, 0) is 30.9 Å². The van der Waals surface area contributed by atoms with Crippen LogP contribution < -0.4 is 0 Å². The fraction of sp³-hybridized carbons (Fsp3) is 0.467. The first-order chi connectivity index (χ1) is 8.67. The second kappa shape index (κ2) is 8.03. The Morgan fingerprint density at radius 2 is 1.89 bits per heavy atom. The number of allylic oxidation sites excluding steroid dienone is 1. The minimum Gasteiger partial charge on any atom is -0.396 e. The van der Waals surface area contributed by atoms with Crippen molar-refractivity contribution in [2.24, 2.45) is 0 Å². The molecule has 0 heterocycles. The molecule has 18 heavy (non-hydrogen) atoms. The topological polar surface area (TPSA) is 60.7 Å². The average Bonchev–Trinajstić information content (AvgIpc) is 2.37. The van der Waals surface area contributed by atoms with E-state index in [-0.39, 0.29) is 13.0 Å². The molecule has 0 saturated carbocycles. The summed E-state index contributed by atoms with van der Waals surface area (Å²) in [6.45, 7) is 1.83. The van der Waals surface area contributed by atoms with E-state index in [1.54, 1.807) is 0 Å². The third kappa shape index (κ3) is 5.00. The summed E-state index contributed by atoms with van der Waals surface area (Å²) in [6.07, 6.45) is 1.84. The number of benzene rings is 1. The molecule has 0 radical (unpaired) electrons. The summed E-state index contributed by atoms with van der Waals surface area (Å²) in [7, 11) is 0. The summed E-state index contributed by atoms with van der Waals surface area (Å²) in [5, 5.41) is 28.4. The van der Waals surface area contributed by atoms with Crippen molar-refractivity contribution in [2.75, 3.05) is 6.61 Å². The Morgan fingerprint density at radius 3 is 2.44 bits per heavy atom. The van der Waals surface area contributed by atoms with E-state index in [2.05, 4.69) is 0 Å². The molecule has 0 fully saturated rings. The lowest BCUT2D eigenvalue weighted by Gasteiger charge is -2.18. The van der Waals surface area contributed by atoms with Crippen LogP contribution in [-0.2, 0) is 6.42 Å². The Balaban J connectivity index is 2.56. The summed E-state index contributed by atoms with van der Waals surface area (Å²) < 4.78 is 0. The quantitative estimate of drug-likeness (QED) is 0.645. The summed E-state index contributed by atoms with van der Waals surface area (Å²) in [4.78, 5) is 0. The maximum Gasteiger partial charge on any atom is 0.0777 e. The third-order valence-electron chi connectivity index (χ3n) is 3.01. The Hall–Kier alpha value is -1.16. The molecular weight excluding hydrogens is 228 g/mol. The van der Waals surface area contributed by atoms with Gasteiger partial charge in [-0.3, -0.25) is 0 Å². The summed E-state index contributed by atoms with van der Waals surface area (Å²) in [5.41, 5.74) is 2.04. The molecule has 2 atom stereocenters. The van der Waals surface area contributed by atoms with Gasteiger partial charge >= 0.3 is 0 Å². The van der Waals surface area contributed by atoms with Crippen molar-refractivity contribution < 1.29 is 15.3 Å². The van der Waals surface area contributed by atoms with Crippen LogP contribution in [0.15, 0.2) is 42.0 Å². The minimum atomic E-state index is -0.657. The van der Waals surface area contributed by atoms with E-state index >= 15 is 0 Å². The van der Waals surface area contributed by atoms with Gasteiger partial charge in [0.05, 0.1) is 12.2 Å². The van der Waals surface area contributed by atoms with Crippen LogP contribution in [0.1, 0.15) is 25.3 Å². The Kier molecular flexibility index (Phi) is 6.65. The molecule has 0 spiro atoms. The highest BCUT2D eigenvalue weighted by Crippen LogP contribution is 2.16. The highest BCUT2D eigenvalue weighted by molar-refractivity contribution is 5.23. The number of aliphatic hydroxyl groups excluding tert-OH is 3. The van der Waals surface area contributed by atoms with E-state index in [0.29, 0.717) is 12.8 Å². The van der Waals surface area contributed by atoms with Crippen LogP contribution in [0.25, 0.3) is 0 Å². The van der Waals surface area contributed by atoms with Crippen molar-refractivity contribution >= 4 is 0 Å². The molecule has 1 aromatic rings. The van der Waals surface area contributed by atoms with Crippen molar-refractivity contribution in [3.63, 3.8) is 0 Å². The maximum absolute atomic E-state index is 10.1. The number of hydrogen-bond donors (Lipinski definition) is 3. The predicted octanol–water partition coefficient (Wildman–Crippen LogP) is 1.67. The zero-order chi connectivity index (χ0) is 13.4. The standard InChI is InChI=1S/C15H22O3/c1-2-13(10-12-6-4-3-5-7-12)15(18)11-14(17)8-9-16/h2-7,14-18H,8-11H2,1H3/b13-2+. The molecule has 0 aromatic heterocycles. The third-order valence-corrected chi connectivity index (χ3v) is 3.01. The molecule has 1 aromatic carbocycles. The molecule has 0 aliphatic heterocycles. The van der Waals surface area contributed by atoms with E-state index in [4.69, 9.17) is 5.11 Å². The van der Waals surface area contributed by atoms with Crippen molar-refractivity contribution in [1.29, 1.82) is 0 Å². The zero-order valence-electron chi connectivity index (χ0n) is 10.8. The second-order valence-corrected chi connectivity index (χ2v) is 4.44. The van der Waals surface area contributed by atoms with Crippen LogP contribution in [-0.4, -0.2) is 34.1 Å². The first-order valence-electron chi connectivity index (χ1n) is 6.33. The molecule has 100 valence electrons. The molecule has 0 aliphatic carbocycles. The van der Waals surface area contributed by atoms with Crippen molar-refractivity contribution in [1.82, 2.24) is 0 Å².